The van der Waals surface area contributed by atoms with E-state index in [1.165, 1.54) is 0 Å². The summed E-state index contributed by atoms with van der Waals surface area (Å²) in [7, 11) is 0. The first-order valence-corrected chi connectivity index (χ1v) is 7.03. The topological polar surface area (TPSA) is 45.2 Å². The molecule has 5 heteroatoms. The van der Waals surface area contributed by atoms with Gasteiger partial charge in [0.15, 0.2) is 0 Å². The summed E-state index contributed by atoms with van der Waals surface area (Å²) < 4.78 is 0. The number of hydrogen-bond acceptors (Lipinski definition) is 3. The number of hydrogen-bond donors (Lipinski definition) is 1. The maximum absolute atomic E-state index is 12.5. The molecule has 0 saturated carbocycles. The molecule has 1 fully saturated rings. The zero-order valence-corrected chi connectivity index (χ0v) is 13.1. The number of nitrogens with zero attached hydrogens (tertiary/aromatic N) is 2. The lowest BCUT2D eigenvalue weighted by Gasteiger charge is -2.32. The molecule has 4 nitrogen and oxygen atoms in total. The minimum atomic E-state index is 0. The third-order valence-corrected chi connectivity index (χ3v) is 3.73. The molecule has 2 aromatic rings. The normalized spacial score (nSPS) is 18.4. The molecule has 1 aliphatic rings. The molecule has 3 rings (SSSR count). The van der Waals surface area contributed by atoms with E-state index in [4.69, 9.17) is 0 Å². The van der Waals surface area contributed by atoms with Gasteiger partial charge in [-0.15, -0.1) is 12.4 Å². The highest BCUT2D eigenvalue weighted by atomic mass is 35.5. The van der Waals surface area contributed by atoms with E-state index < -0.39 is 0 Å². The van der Waals surface area contributed by atoms with Gasteiger partial charge in [0.25, 0.3) is 5.91 Å². The minimum absolute atomic E-state index is 0. The van der Waals surface area contributed by atoms with Crippen LogP contribution in [0.5, 0.6) is 0 Å². The molecule has 0 radical (unpaired) electrons. The summed E-state index contributed by atoms with van der Waals surface area (Å²) in [5, 5.41) is 4.37. The van der Waals surface area contributed by atoms with Crippen molar-refractivity contribution in [1.82, 2.24) is 15.2 Å². The second-order valence-electron chi connectivity index (χ2n) is 5.47. The van der Waals surface area contributed by atoms with Gasteiger partial charge < -0.3 is 10.2 Å². The molecule has 1 aromatic carbocycles. The van der Waals surface area contributed by atoms with Crippen LogP contribution in [-0.2, 0) is 0 Å². The van der Waals surface area contributed by atoms with Crippen molar-refractivity contribution in [2.75, 3.05) is 19.6 Å². The summed E-state index contributed by atoms with van der Waals surface area (Å²) in [6.45, 7) is 6.48. The van der Waals surface area contributed by atoms with Crippen LogP contribution in [0.1, 0.15) is 23.0 Å². The summed E-state index contributed by atoms with van der Waals surface area (Å²) in [5.74, 6) is 0.112. The second-order valence-corrected chi connectivity index (χ2v) is 5.47. The number of benzene rings is 1. The van der Waals surface area contributed by atoms with Crippen LogP contribution in [0.25, 0.3) is 10.9 Å². The first-order chi connectivity index (χ1) is 9.63. The fourth-order valence-electron chi connectivity index (χ4n) is 2.66. The predicted molar refractivity (Wildman–Crippen MR) is 87.1 cm³/mol. The molecule has 2 heterocycles. The summed E-state index contributed by atoms with van der Waals surface area (Å²) in [4.78, 5) is 18.9. The first kappa shape index (κ1) is 15.7. The number of amides is 1. The maximum Gasteiger partial charge on any atom is 0.253 e. The van der Waals surface area contributed by atoms with Crippen LogP contribution in [0.2, 0.25) is 0 Å². The van der Waals surface area contributed by atoms with Crippen molar-refractivity contribution in [3.05, 3.63) is 41.6 Å². The highest BCUT2D eigenvalue weighted by Gasteiger charge is 2.21. The summed E-state index contributed by atoms with van der Waals surface area (Å²) in [6.07, 6.45) is 0. The van der Waals surface area contributed by atoms with Crippen molar-refractivity contribution in [3.8, 4) is 0 Å². The molecule has 0 bridgehead atoms. The lowest BCUT2D eigenvalue weighted by molar-refractivity contribution is 0.0709. The predicted octanol–water partition coefficient (Wildman–Crippen LogP) is 2.40. The highest BCUT2D eigenvalue weighted by molar-refractivity contribution is 5.98. The van der Waals surface area contributed by atoms with Crippen molar-refractivity contribution in [3.63, 3.8) is 0 Å². The van der Waals surface area contributed by atoms with E-state index in [2.05, 4.69) is 17.2 Å². The maximum atomic E-state index is 12.5. The third kappa shape index (κ3) is 3.34. The lowest BCUT2D eigenvalue weighted by Crippen LogP contribution is -2.51. The van der Waals surface area contributed by atoms with Gasteiger partial charge in [-0.3, -0.25) is 9.78 Å². The number of carbonyl (C=O) groups is 1. The largest absolute Gasteiger partial charge is 0.336 e. The van der Waals surface area contributed by atoms with Gasteiger partial charge in [-0.2, -0.15) is 0 Å². The van der Waals surface area contributed by atoms with Gasteiger partial charge >= 0.3 is 0 Å². The number of rotatable bonds is 1. The summed E-state index contributed by atoms with van der Waals surface area (Å²) in [5.41, 5.74) is 2.68. The van der Waals surface area contributed by atoms with Gasteiger partial charge in [-0.1, -0.05) is 6.07 Å². The second kappa shape index (κ2) is 6.41. The number of halogens is 1. The number of fused-ring (bicyclic) bond motifs is 1. The summed E-state index contributed by atoms with van der Waals surface area (Å²) in [6, 6.07) is 10.1. The number of piperazine rings is 1. The van der Waals surface area contributed by atoms with E-state index in [-0.39, 0.29) is 18.3 Å². The highest BCUT2D eigenvalue weighted by Crippen LogP contribution is 2.16. The Morgan fingerprint density at radius 2 is 2.14 bits per heavy atom. The number of aromatic nitrogens is 1. The Kier molecular flexibility index (Phi) is 4.80. The Morgan fingerprint density at radius 3 is 2.90 bits per heavy atom. The molecular formula is C16H20ClN3O. The number of carbonyl (C=O) groups excluding carboxylic acids is 1. The van der Waals surface area contributed by atoms with E-state index in [1.807, 2.05) is 42.2 Å². The van der Waals surface area contributed by atoms with Gasteiger partial charge in [0.1, 0.15) is 0 Å². The molecule has 0 unspecified atom stereocenters. The van der Waals surface area contributed by atoms with Crippen molar-refractivity contribution < 1.29 is 4.79 Å². The average Bonchev–Trinajstić information content (AvgIpc) is 2.46. The van der Waals surface area contributed by atoms with E-state index in [1.54, 1.807) is 0 Å². The molecule has 0 spiro atoms. The van der Waals surface area contributed by atoms with E-state index >= 15 is 0 Å². The Morgan fingerprint density at radius 1 is 1.33 bits per heavy atom. The Bertz CT molecular complexity index is 659. The molecule has 0 aliphatic carbocycles. The Labute approximate surface area is 131 Å². The van der Waals surface area contributed by atoms with E-state index in [9.17, 15) is 4.79 Å². The van der Waals surface area contributed by atoms with Gasteiger partial charge in [0, 0.05) is 42.3 Å². The quantitative estimate of drug-likeness (QED) is 0.880. The zero-order chi connectivity index (χ0) is 14.1. The summed E-state index contributed by atoms with van der Waals surface area (Å²) >= 11 is 0. The molecule has 21 heavy (non-hydrogen) atoms. The van der Waals surface area contributed by atoms with Gasteiger partial charge in [-0.05, 0) is 38.1 Å². The van der Waals surface area contributed by atoms with Crippen LogP contribution in [0.15, 0.2) is 30.3 Å². The Balaban J connectivity index is 0.00000161. The van der Waals surface area contributed by atoms with Crippen LogP contribution >= 0.6 is 12.4 Å². The number of aryl methyl sites for hydroxylation is 1. The fourth-order valence-corrected chi connectivity index (χ4v) is 2.66. The van der Waals surface area contributed by atoms with Gasteiger partial charge in [0.05, 0.1) is 5.52 Å². The van der Waals surface area contributed by atoms with Gasteiger partial charge in [-0.25, -0.2) is 0 Å². The van der Waals surface area contributed by atoms with E-state index in [0.717, 1.165) is 41.8 Å². The molecule has 112 valence electrons. The monoisotopic (exact) mass is 305 g/mol. The van der Waals surface area contributed by atoms with Crippen molar-refractivity contribution >= 4 is 29.2 Å². The molecule has 1 N–H and O–H groups in total. The molecule has 1 atom stereocenters. The number of pyridine rings is 1. The molecule has 1 saturated heterocycles. The van der Waals surface area contributed by atoms with Crippen LogP contribution in [0, 0.1) is 6.92 Å². The average molecular weight is 306 g/mol. The van der Waals surface area contributed by atoms with Gasteiger partial charge in [0.2, 0.25) is 0 Å². The van der Waals surface area contributed by atoms with Crippen LogP contribution in [-0.4, -0.2) is 41.5 Å². The fraction of sp³-hybridized carbons (Fsp3) is 0.375. The van der Waals surface area contributed by atoms with Crippen molar-refractivity contribution in [2.24, 2.45) is 0 Å². The van der Waals surface area contributed by atoms with Crippen molar-refractivity contribution in [1.29, 1.82) is 0 Å². The number of nitrogens with one attached hydrogen (secondary N) is 1. The lowest BCUT2D eigenvalue weighted by atomic mass is 10.1. The van der Waals surface area contributed by atoms with Crippen LogP contribution in [0.3, 0.4) is 0 Å². The van der Waals surface area contributed by atoms with Crippen LogP contribution < -0.4 is 5.32 Å². The first-order valence-electron chi connectivity index (χ1n) is 7.03. The minimum Gasteiger partial charge on any atom is -0.336 e. The zero-order valence-electron chi connectivity index (χ0n) is 12.3. The molecule has 1 aliphatic heterocycles. The smallest absolute Gasteiger partial charge is 0.253 e. The molecule has 1 aromatic heterocycles. The van der Waals surface area contributed by atoms with Crippen LogP contribution in [0.4, 0.5) is 0 Å². The Hall–Kier alpha value is -1.65. The van der Waals surface area contributed by atoms with Crippen molar-refractivity contribution in [2.45, 2.75) is 19.9 Å². The molecule has 1 amide bonds. The van der Waals surface area contributed by atoms with E-state index in [0.29, 0.717) is 6.04 Å². The standard InChI is InChI=1S/C16H19N3O.ClH/c1-11-3-4-13-9-14(5-6-15(13)18-11)16(20)19-8-7-17-12(2)10-19;/h3-6,9,12,17H,7-8,10H2,1-2H3;1H/t12-;/m1./s1. The SMILES string of the molecule is Cc1ccc2cc(C(=O)N3CCN[C@H](C)C3)ccc2n1.Cl. The molecular weight excluding hydrogens is 286 g/mol. The third-order valence-electron chi connectivity index (χ3n) is 3.73.